The highest BCUT2D eigenvalue weighted by Gasteiger charge is 2.23. The predicted octanol–water partition coefficient (Wildman–Crippen LogP) is 0.430. The number of nitrogens with zero attached hydrogens (tertiary/aromatic N) is 4. The molecule has 1 unspecified atom stereocenters. The van der Waals surface area contributed by atoms with Crippen LogP contribution < -0.4 is 5.32 Å². The molecule has 1 N–H and O–H groups in total. The van der Waals surface area contributed by atoms with E-state index in [4.69, 9.17) is 0 Å². The van der Waals surface area contributed by atoms with E-state index >= 15 is 0 Å². The molecule has 0 aromatic carbocycles. The maximum Gasteiger partial charge on any atom is 0.133 e. The minimum atomic E-state index is 0.644. The molecule has 1 aliphatic rings. The molecule has 5 heteroatoms. The lowest BCUT2D eigenvalue weighted by Crippen LogP contribution is -2.36. The average Bonchev–Trinajstić information content (AvgIpc) is 2.89. The number of hydrogen-bond acceptors (Lipinski definition) is 4. The molecule has 1 fully saturated rings. The molecule has 2 rings (SSSR count). The molecule has 1 aromatic heterocycles. The number of aryl methyl sites for hydroxylation is 1. The van der Waals surface area contributed by atoms with Crippen LogP contribution in [0, 0.1) is 0 Å². The van der Waals surface area contributed by atoms with Gasteiger partial charge in [0, 0.05) is 38.6 Å². The van der Waals surface area contributed by atoms with E-state index in [0.29, 0.717) is 12.1 Å². The minimum Gasteiger partial charge on any atom is -0.321 e. The third-order valence-corrected chi connectivity index (χ3v) is 3.54. The Morgan fingerprint density at radius 2 is 2.35 bits per heavy atom. The van der Waals surface area contributed by atoms with Crippen LogP contribution in [-0.4, -0.2) is 51.4 Å². The second kappa shape index (κ2) is 5.60. The molecule has 1 aromatic rings. The first-order valence-corrected chi connectivity index (χ1v) is 6.47. The summed E-state index contributed by atoms with van der Waals surface area (Å²) >= 11 is 0. The Kier molecular flexibility index (Phi) is 4.12. The number of rotatable bonds is 5. The Morgan fingerprint density at radius 1 is 1.53 bits per heavy atom. The lowest BCUT2D eigenvalue weighted by atomic mass is 10.2. The van der Waals surface area contributed by atoms with Crippen LogP contribution in [0.25, 0.3) is 0 Å². The maximum atomic E-state index is 4.09. The van der Waals surface area contributed by atoms with Gasteiger partial charge in [-0.15, -0.1) is 10.2 Å². The van der Waals surface area contributed by atoms with Crippen molar-refractivity contribution in [1.82, 2.24) is 25.0 Å². The van der Waals surface area contributed by atoms with E-state index in [9.17, 15) is 0 Å². The summed E-state index contributed by atoms with van der Waals surface area (Å²) in [5.74, 6) is 1.05. The zero-order valence-electron chi connectivity index (χ0n) is 11.1. The standard InChI is InChI=1S/C12H23N5/c1-10(2)17-7-5-11(8-17)13-6-4-12-15-14-9-16(12)3/h9-11,13H,4-8H2,1-3H3. The number of nitrogens with one attached hydrogen (secondary N) is 1. The van der Waals surface area contributed by atoms with Crippen LogP contribution >= 0.6 is 0 Å². The first kappa shape index (κ1) is 12.5. The fourth-order valence-electron chi connectivity index (χ4n) is 2.34. The van der Waals surface area contributed by atoms with Crippen molar-refractivity contribution in [3.8, 4) is 0 Å². The summed E-state index contributed by atoms with van der Waals surface area (Å²) in [5.41, 5.74) is 0. The summed E-state index contributed by atoms with van der Waals surface area (Å²) in [5, 5.41) is 11.6. The van der Waals surface area contributed by atoms with Gasteiger partial charge >= 0.3 is 0 Å². The topological polar surface area (TPSA) is 46.0 Å². The Morgan fingerprint density at radius 3 is 2.94 bits per heavy atom. The summed E-state index contributed by atoms with van der Waals surface area (Å²) in [7, 11) is 1.99. The first-order valence-electron chi connectivity index (χ1n) is 6.47. The zero-order valence-corrected chi connectivity index (χ0v) is 11.1. The minimum absolute atomic E-state index is 0.644. The molecule has 1 aliphatic heterocycles. The van der Waals surface area contributed by atoms with Crippen LogP contribution in [-0.2, 0) is 13.5 Å². The summed E-state index contributed by atoms with van der Waals surface area (Å²) < 4.78 is 1.98. The smallest absolute Gasteiger partial charge is 0.133 e. The van der Waals surface area contributed by atoms with Gasteiger partial charge in [-0.1, -0.05) is 0 Å². The van der Waals surface area contributed by atoms with Crippen molar-refractivity contribution < 1.29 is 0 Å². The van der Waals surface area contributed by atoms with Crippen molar-refractivity contribution in [3.05, 3.63) is 12.2 Å². The van der Waals surface area contributed by atoms with E-state index in [1.165, 1.54) is 19.5 Å². The summed E-state index contributed by atoms with van der Waals surface area (Å²) in [6, 6.07) is 1.31. The molecule has 0 aliphatic carbocycles. The molecule has 0 spiro atoms. The molecule has 1 atom stereocenters. The molecule has 0 amide bonds. The van der Waals surface area contributed by atoms with Crippen molar-refractivity contribution in [2.24, 2.45) is 7.05 Å². The van der Waals surface area contributed by atoms with E-state index in [2.05, 4.69) is 34.3 Å². The van der Waals surface area contributed by atoms with Gasteiger partial charge in [-0.05, 0) is 26.8 Å². The van der Waals surface area contributed by atoms with Gasteiger partial charge in [-0.2, -0.15) is 0 Å². The molecule has 0 radical (unpaired) electrons. The second-order valence-electron chi connectivity index (χ2n) is 5.14. The van der Waals surface area contributed by atoms with Crippen molar-refractivity contribution >= 4 is 0 Å². The van der Waals surface area contributed by atoms with Gasteiger partial charge < -0.3 is 9.88 Å². The Labute approximate surface area is 103 Å². The molecule has 1 saturated heterocycles. The van der Waals surface area contributed by atoms with E-state index in [-0.39, 0.29) is 0 Å². The van der Waals surface area contributed by atoms with Crippen LogP contribution in [0.5, 0.6) is 0 Å². The van der Waals surface area contributed by atoms with E-state index < -0.39 is 0 Å². The van der Waals surface area contributed by atoms with Crippen molar-refractivity contribution in [1.29, 1.82) is 0 Å². The lowest BCUT2D eigenvalue weighted by Gasteiger charge is -2.20. The fourth-order valence-corrected chi connectivity index (χ4v) is 2.34. The average molecular weight is 237 g/mol. The van der Waals surface area contributed by atoms with Gasteiger partial charge in [-0.3, -0.25) is 4.90 Å². The third kappa shape index (κ3) is 3.26. The largest absolute Gasteiger partial charge is 0.321 e. The van der Waals surface area contributed by atoms with E-state index in [0.717, 1.165) is 18.8 Å². The quantitative estimate of drug-likeness (QED) is 0.807. The molecular weight excluding hydrogens is 214 g/mol. The van der Waals surface area contributed by atoms with Gasteiger partial charge in [-0.25, -0.2) is 0 Å². The molecule has 2 heterocycles. The highest BCUT2D eigenvalue weighted by Crippen LogP contribution is 2.12. The van der Waals surface area contributed by atoms with Crippen LogP contribution in [0.1, 0.15) is 26.1 Å². The molecule has 5 nitrogen and oxygen atoms in total. The van der Waals surface area contributed by atoms with Crippen molar-refractivity contribution in [3.63, 3.8) is 0 Å². The molecule has 17 heavy (non-hydrogen) atoms. The molecule has 0 saturated carbocycles. The van der Waals surface area contributed by atoms with E-state index in [1.807, 2.05) is 11.6 Å². The van der Waals surface area contributed by atoms with Crippen molar-refractivity contribution in [2.75, 3.05) is 19.6 Å². The first-order chi connectivity index (χ1) is 8.16. The van der Waals surface area contributed by atoms with Crippen LogP contribution in [0.2, 0.25) is 0 Å². The number of likely N-dealkylation sites (tertiary alicyclic amines) is 1. The number of aromatic nitrogens is 3. The van der Waals surface area contributed by atoms with Gasteiger partial charge in [0.25, 0.3) is 0 Å². The molecular formula is C12H23N5. The Balaban J connectivity index is 1.68. The van der Waals surface area contributed by atoms with Crippen molar-refractivity contribution in [2.45, 2.75) is 38.8 Å². The molecule has 96 valence electrons. The van der Waals surface area contributed by atoms with Crippen LogP contribution in [0.15, 0.2) is 6.33 Å². The summed E-state index contributed by atoms with van der Waals surface area (Å²) in [6.45, 7) is 7.92. The van der Waals surface area contributed by atoms with E-state index in [1.54, 1.807) is 6.33 Å². The Bertz CT molecular complexity index is 346. The fraction of sp³-hybridized carbons (Fsp3) is 0.833. The second-order valence-corrected chi connectivity index (χ2v) is 5.14. The van der Waals surface area contributed by atoms with Gasteiger partial charge in [0.15, 0.2) is 0 Å². The van der Waals surface area contributed by atoms with Gasteiger partial charge in [0.05, 0.1) is 0 Å². The normalized spacial score (nSPS) is 21.5. The summed E-state index contributed by atoms with van der Waals surface area (Å²) in [4.78, 5) is 2.53. The SMILES string of the molecule is CC(C)N1CCC(NCCc2nncn2C)C1. The highest BCUT2D eigenvalue weighted by atomic mass is 15.2. The van der Waals surface area contributed by atoms with Crippen LogP contribution in [0.4, 0.5) is 0 Å². The predicted molar refractivity (Wildman–Crippen MR) is 67.8 cm³/mol. The third-order valence-electron chi connectivity index (χ3n) is 3.54. The maximum absolute atomic E-state index is 4.09. The number of hydrogen-bond donors (Lipinski definition) is 1. The lowest BCUT2D eigenvalue weighted by molar-refractivity contribution is 0.268. The summed E-state index contributed by atoms with van der Waals surface area (Å²) in [6.07, 6.45) is 3.97. The van der Waals surface area contributed by atoms with Gasteiger partial charge in [0.2, 0.25) is 0 Å². The highest BCUT2D eigenvalue weighted by molar-refractivity contribution is 4.87. The van der Waals surface area contributed by atoms with Crippen LogP contribution in [0.3, 0.4) is 0 Å². The monoisotopic (exact) mass is 237 g/mol. The molecule has 0 bridgehead atoms. The Hall–Kier alpha value is -0.940. The van der Waals surface area contributed by atoms with Gasteiger partial charge in [0.1, 0.15) is 12.2 Å². The zero-order chi connectivity index (χ0) is 12.3.